The fraction of sp³-hybridized carbons (Fsp3) is 0.333. The van der Waals surface area contributed by atoms with E-state index in [9.17, 15) is 4.79 Å². The highest BCUT2D eigenvalue weighted by Gasteiger charge is 2.19. The Morgan fingerprint density at radius 1 is 1.08 bits per heavy atom. The summed E-state index contributed by atoms with van der Waals surface area (Å²) in [6.07, 6.45) is 6.40. The number of benzene rings is 1. The first-order valence-electron chi connectivity index (χ1n) is 9.17. The molecule has 0 bridgehead atoms. The lowest BCUT2D eigenvalue weighted by atomic mass is 10.2. The van der Waals surface area contributed by atoms with E-state index in [-0.39, 0.29) is 5.56 Å². The molecule has 0 atom stereocenters. The lowest BCUT2D eigenvalue weighted by Crippen LogP contribution is -2.22. The van der Waals surface area contributed by atoms with Crippen LogP contribution in [0.25, 0.3) is 10.9 Å². The zero-order valence-electron chi connectivity index (χ0n) is 15.3. The Balaban J connectivity index is 1.70. The molecule has 2 heterocycles. The molecule has 0 aliphatic heterocycles. The Morgan fingerprint density at radius 3 is 2.50 bits per heavy atom. The highest BCUT2D eigenvalue weighted by Crippen LogP contribution is 2.31. The lowest BCUT2D eigenvalue weighted by Gasteiger charge is -2.17. The van der Waals surface area contributed by atoms with Crippen LogP contribution >= 0.6 is 0 Å². The van der Waals surface area contributed by atoms with Gasteiger partial charge in [-0.15, -0.1) is 0 Å². The molecule has 0 radical (unpaired) electrons. The quantitative estimate of drug-likeness (QED) is 0.763. The summed E-state index contributed by atoms with van der Waals surface area (Å²) in [7, 11) is 4.05. The van der Waals surface area contributed by atoms with Crippen LogP contribution in [-0.2, 0) is 0 Å². The minimum atomic E-state index is 0.0804. The van der Waals surface area contributed by atoms with Crippen molar-refractivity contribution in [3.8, 4) is 0 Å². The molecule has 1 aliphatic carbocycles. The normalized spacial score (nSPS) is 14.7. The van der Waals surface area contributed by atoms with Crippen molar-refractivity contribution in [2.75, 3.05) is 24.3 Å². The van der Waals surface area contributed by atoms with Crippen molar-refractivity contribution in [3.05, 3.63) is 59.0 Å². The van der Waals surface area contributed by atoms with Gasteiger partial charge in [-0.25, -0.2) is 4.98 Å². The molecule has 5 nitrogen and oxygen atoms in total. The minimum Gasteiger partial charge on any atom is -0.378 e. The van der Waals surface area contributed by atoms with Gasteiger partial charge in [-0.3, -0.25) is 4.79 Å². The fourth-order valence-corrected chi connectivity index (χ4v) is 3.75. The fourth-order valence-electron chi connectivity index (χ4n) is 3.75. The molecule has 0 amide bonds. The van der Waals surface area contributed by atoms with Crippen LogP contribution in [-0.4, -0.2) is 23.6 Å². The zero-order chi connectivity index (χ0) is 18.1. The number of nitrogens with zero attached hydrogens (tertiary/aromatic N) is 3. The van der Waals surface area contributed by atoms with Gasteiger partial charge in [-0.1, -0.05) is 12.8 Å². The molecule has 1 N–H and O–H groups in total. The van der Waals surface area contributed by atoms with E-state index in [4.69, 9.17) is 0 Å². The first-order valence-corrected chi connectivity index (χ1v) is 9.17. The Kier molecular flexibility index (Phi) is 4.37. The molecule has 134 valence electrons. The van der Waals surface area contributed by atoms with Gasteiger partial charge in [0, 0.05) is 55.2 Å². The van der Waals surface area contributed by atoms with Crippen LogP contribution in [0, 0.1) is 0 Å². The number of pyridine rings is 2. The molecule has 5 heteroatoms. The summed E-state index contributed by atoms with van der Waals surface area (Å²) in [5.74, 6) is 0.757. The number of fused-ring (bicyclic) bond motifs is 1. The Morgan fingerprint density at radius 2 is 1.81 bits per heavy atom. The monoisotopic (exact) mass is 348 g/mol. The van der Waals surface area contributed by atoms with Crippen LogP contribution in [0.4, 0.5) is 17.2 Å². The standard InChI is InChI=1S/C21H24N4O/c1-24(2)17-10-8-16(9-11-17)23-20-13-19-15(14-22-20)7-12-21(26)25(19)18-5-3-4-6-18/h7-14,18H,3-6H2,1-2H3,(H,22,23). The van der Waals surface area contributed by atoms with E-state index < -0.39 is 0 Å². The molecule has 2 aromatic heterocycles. The minimum absolute atomic E-state index is 0.0804. The molecular weight excluding hydrogens is 324 g/mol. The van der Waals surface area contributed by atoms with Crippen LogP contribution < -0.4 is 15.8 Å². The Hall–Kier alpha value is -2.82. The van der Waals surface area contributed by atoms with E-state index in [1.165, 1.54) is 12.8 Å². The van der Waals surface area contributed by atoms with Crippen LogP contribution in [0.15, 0.2) is 53.5 Å². The third-order valence-corrected chi connectivity index (χ3v) is 5.16. The number of aromatic nitrogens is 2. The number of rotatable bonds is 4. The molecule has 1 fully saturated rings. The summed E-state index contributed by atoms with van der Waals surface area (Å²) >= 11 is 0. The van der Waals surface area contributed by atoms with Crippen molar-refractivity contribution < 1.29 is 0 Å². The van der Waals surface area contributed by atoms with Gasteiger partial charge >= 0.3 is 0 Å². The lowest BCUT2D eigenvalue weighted by molar-refractivity contribution is 0.519. The second-order valence-corrected chi connectivity index (χ2v) is 7.17. The molecule has 4 rings (SSSR count). The van der Waals surface area contributed by atoms with Gasteiger partial charge < -0.3 is 14.8 Å². The maximum Gasteiger partial charge on any atom is 0.251 e. The summed E-state index contributed by atoms with van der Waals surface area (Å²) < 4.78 is 1.96. The number of nitrogens with one attached hydrogen (secondary N) is 1. The van der Waals surface area contributed by atoms with E-state index in [1.807, 2.05) is 49.1 Å². The molecule has 3 aromatic rings. The molecule has 1 aromatic carbocycles. The van der Waals surface area contributed by atoms with E-state index in [1.54, 1.807) is 6.07 Å². The Bertz CT molecular complexity index is 969. The van der Waals surface area contributed by atoms with Gasteiger partial charge in [0.2, 0.25) is 0 Å². The molecule has 1 aliphatic rings. The van der Waals surface area contributed by atoms with E-state index in [2.05, 4.69) is 27.3 Å². The molecule has 0 spiro atoms. The maximum atomic E-state index is 12.5. The summed E-state index contributed by atoms with van der Waals surface area (Å²) in [4.78, 5) is 19.1. The molecule has 1 saturated carbocycles. The van der Waals surface area contributed by atoms with Crippen molar-refractivity contribution in [2.45, 2.75) is 31.7 Å². The largest absolute Gasteiger partial charge is 0.378 e. The number of hydrogen-bond donors (Lipinski definition) is 1. The van der Waals surface area contributed by atoms with Gasteiger partial charge in [0.05, 0.1) is 5.52 Å². The molecular formula is C21H24N4O. The van der Waals surface area contributed by atoms with E-state index in [0.29, 0.717) is 6.04 Å². The van der Waals surface area contributed by atoms with Gasteiger partial charge in [-0.05, 0) is 43.2 Å². The summed E-state index contributed by atoms with van der Waals surface area (Å²) in [6, 6.07) is 14.0. The van der Waals surface area contributed by atoms with Crippen molar-refractivity contribution in [1.82, 2.24) is 9.55 Å². The molecule has 0 saturated heterocycles. The number of anilines is 3. The summed E-state index contributed by atoms with van der Waals surface area (Å²) in [6.45, 7) is 0. The van der Waals surface area contributed by atoms with Crippen LogP contribution in [0.2, 0.25) is 0 Å². The first-order chi connectivity index (χ1) is 12.6. The topological polar surface area (TPSA) is 50.2 Å². The van der Waals surface area contributed by atoms with Gasteiger partial charge in [0.15, 0.2) is 0 Å². The van der Waals surface area contributed by atoms with Gasteiger partial charge in [-0.2, -0.15) is 0 Å². The molecule has 26 heavy (non-hydrogen) atoms. The average molecular weight is 348 g/mol. The predicted octanol–water partition coefficient (Wildman–Crippen LogP) is 4.32. The first kappa shape index (κ1) is 16.6. The van der Waals surface area contributed by atoms with Crippen LogP contribution in [0.5, 0.6) is 0 Å². The van der Waals surface area contributed by atoms with Gasteiger partial charge in [0.1, 0.15) is 5.82 Å². The van der Waals surface area contributed by atoms with Gasteiger partial charge in [0.25, 0.3) is 5.56 Å². The highest BCUT2D eigenvalue weighted by atomic mass is 16.1. The molecule has 0 unspecified atom stereocenters. The third kappa shape index (κ3) is 3.17. The van der Waals surface area contributed by atoms with Crippen molar-refractivity contribution in [2.24, 2.45) is 0 Å². The Labute approximate surface area is 153 Å². The third-order valence-electron chi connectivity index (χ3n) is 5.16. The van der Waals surface area contributed by atoms with Crippen molar-refractivity contribution in [3.63, 3.8) is 0 Å². The van der Waals surface area contributed by atoms with E-state index in [0.717, 1.165) is 40.9 Å². The summed E-state index contributed by atoms with van der Waals surface area (Å²) in [5, 5.41) is 4.36. The predicted molar refractivity (Wildman–Crippen MR) is 108 cm³/mol. The maximum absolute atomic E-state index is 12.5. The summed E-state index contributed by atoms with van der Waals surface area (Å²) in [5.41, 5.74) is 3.17. The van der Waals surface area contributed by atoms with Crippen LogP contribution in [0.3, 0.4) is 0 Å². The van der Waals surface area contributed by atoms with E-state index >= 15 is 0 Å². The van der Waals surface area contributed by atoms with Crippen molar-refractivity contribution >= 4 is 28.1 Å². The average Bonchev–Trinajstić information content (AvgIpc) is 3.16. The van der Waals surface area contributed by atoms with Crippen molar-refractivity contribution in [1.29, 1.82) is 0 Å². The highest BCUT2D eigenvalue weighted by molar-refractivity contribution is 5.81. The SMILES string of the molecule is CN(C)c1ccc(Nc2cc3c(ccc(=O)n3C3CCCC3)cn2)cc1. The smallest absolute Gasteiger partial charge is 0.251 e. The zero-order valence-corrected chi connectivity index (χ0v) is 15.3. The number of hydrogen-bond acceptors (Lipinski definition) is 4. The second-order valence-electron chi connectivity index (χ2n) is 7.17. The van der Waals surface area contributed by atoms with Crippen LogP contribution in [0.1, 0.15) is 31.7 Å². The second kappa shape index (κ2) is 6.83.